The average Bonchev–Trinajstić information content (AvgIpc) is 2.51. The molecule has 4 heteroatoms. The van der Waals surface area contributed by atoms with Crippen LogP contribution in [0.5, 0.6) is 5.75 Å². The Morgan fingerprint density at radius 1 is 1.04 bits per heavy atom. The Balaban J connectivity index is 2.03. The quantitative estimate of drug-likeness (QED) is 0.754. The molecule has 0 fully saturated rings. The first-order chi connectivity index (χ1) is 11.2. The van der Waals surface area contributed by atoms with E-state index in [0.29, 0.717) is 5.56 Å². The van der Waals surface area contributed by atoms with Gasteiger partial charge in [-0.3, -0.25) is 9.59 Å². The van der Waals surface area contributed by atoms with Crippen molar-refractivity contribution in [3.63, 3.8) is 0 Å². The lowest BCUT2D eigenvalue weighted by Gasteiger charge is -2.19. The Kier molecular flexibility index (Phi) is 5.17. The second kappa shape index (κ2) is 6.95. The summed E-state index contributed by atoms with van der Waals surface area (Å²) in [6.07, 6.45) is 0. The molecule has 0 aliphatic rings. The van der Waals surface area contributed by atoms with Crippen LogP contribution in [-0.2, 0) is 5.41 Å². The van der Waals surface area contributed by atoms with Crippen molar-refractivity contribution in [2.24, 2.45) is 0 Å². The highest BCUT2D eigenvalue weighted by atomic mass is 19.1. The van der Waals surface area contributed by atoms with Crippen molar-refractivity contribution in [1.82, 2.24) is 0 Å². The lowest BCUT2D eigenvalue weighted by atomic mass is 9.86. The SMILES string of the molecule is CC(=O)c1ccc(OCC(=O)c2ccc(C(C)(C)C)cc2)cc1F. The molecule has 2 aromatic carbocycles. The Labute approximate surface area is 141 Å². The van der Waals surface area contributed by atoms with Gasteiger partial charge >= 0.3 is 0 Å². The number of carbonyl (C=O) groups is 2. The minimum atomic E-state index is -0.651. The fourth-order valence-electron chi connectivity index (χ4n) is 2.26. The number of halogens is 1. The van der Waals surface area contributed by atoms with Crippen LogP contribution in [0.25, 0.3) is 0 Å². The molecule has 2 aromatic rings. The molecular weight excluding hydrogens is 307 g/mol. The van der Waals surface area contributed by atoms with Gasteiger partial charge in [0.05, 0.1) is 5.56 Å². The Bertz CT molecular complexity index is 755. The summed E-state index contributed by atoms with van der Waals surface area (Å²) in [6, 6.07) is 11.3. The molecule has 0 N–H and O–H groups in total. The number of carbonyl (C=O) groups excluding carboxylic acids is 2. The molecule has 0 saturated carbocycles. The third kappa shape index (κ3) is 4.28. The first kappa shape index (κ1) is 17.9. The molecule has 126 valence electrons. The zero-order valence-corrected chi connectivity index (χ0v) is 14.4. The Morgan fingerprint density at radius 3 is 2.17 bits per heavy atom. The molecular formula is C20H21FO3. The fraction of sp³-hybridized carbons (Fsp3) is 0.300. The molecule has 3 nitrogen and oxygen atoms in total. The monoisotopic (exact) mass is 328 g/mol. The molecule has 0 aliphatic heterocycles. The number of Topliss-reactive ketones (excluding diaryl/α,β-unsaturated/α-hetero) is 2. The van der Waals surface area contributed by atoms with Crippen LogP contribution in [-0.4, -0.2) is 18.2 Å². The van der Waals surface area contributed by atoms with E-state index in [1.54, 1.807) is 12.1 Å². The summed E-state index contributed by atoms with van der Waals surface area (Å²) in [6.45, 7) is 7.42. The van der Waals surface area contributed by atoms with Crippen LogP contribution in [0.15, 0.2) is 42.5 Å². The van der Waals surface area contributed by atoms with Crippen LogP contribution < -0.4 is 4.74 Å². The molecule has 0 amide bonds. The summed E-state index contributed by atoms with van der Waals surface area (Å²) in [5, 5.41) is 0. The second-order valence-electron chi connectivity index (χ2n) is 6.74. The van der Waals surface area contributed by atoms with Crippen molar-refractivity contribution in [3.8, 4) is 5.75 Å². The summed E-state index contributed by atoms with van der Waals surface area (Å²) in [7, 11) is 0. The van der Waals surface area contributed by atoms with Crippen molar-refractivity contribution in [1.29, 1.82) is 0 Å². The zero-order valence-electron chi connectivity index (χ0n) is 14.4. The molecule has 0 aromatic heterocycles. The van der Waals surface area contributed by atoms with E-state index in [2.05, 4.69) is 20.8 Å². The van der Waals surface area contributed by atoms with E-state index in [0.717, 1.165) is 11.6 Å². The molecule has 0 radical (unpaired) electrons. The first-order valence-corrected chi connectivity index (χ1v) is 7.75. The number of ketones is 2. The molecule has 2 rings (SSSR count). The minimum absolute atomic E-state index is 0.00597. The summed E-state index contributed by atoms with van der Waals surface area (Å²) in [5.41, 5.74) is 1.71. The average molecular weight is 328 g/mol. The largest absolute Gasteiger partial charge is 0.485 e. The van der Waals surface area contributed by atoms with Gasteiger partial charge in [0.25, 0.3) is 0 Å². The van der Waals surface area contributed by atoms with Crippen molar-refractivity contribution >= 4 is 11.6 Å². The molecule has 0 atom stereocenters. The summed E-state index contributed by atoms with van der Waals surface area (Å²) < 4.78 is 19.1. The molecule has 24 heavy (non-hydrogen) atoms. The number of ether oxygens (including phenoxy) is 1. The standard InChI is InChI=1S/C20H21FO3/c1-13(22)17-10-9-16(11-18(17)21)24-12-19(23)14-5-7-15(8-6-14)20(2,3)4/h5-11H,12H2,1-4H3. The fourth-order valence-corrected chi connectivity index (χ4v) is 2.26. The highest BCUT2D eigenvalue weighted by molar-refractivity contribution is 5.97. The maximum atomic E-state index is 13.7. The zero-order chi connectivity index (χ0) is 17.9. The molecule has 0 bridgehead atoms. The predicted octanol–water partition coefficient (Wildman–Crippen LogP) is 4.59. The minimum Gasteiger partial charge on any atom is -0.485 e. The van der Waals surface area contributed by atoms with Crippen LogP contribution in [0.3, 0.4) is 0 Å². The highest BCUT2D eigenvalue weighted by Crippen LogP contribution is 2.22. The van der Waals surface area contributed by atoms with Crippen molar-refractivity contribution in [2.75, 3.05) is 6.61 Å². The maximum absolute atomic E-state index is 13.7. The van der Waals surface area contributed by atoms with Gasteiger partial charge in [0.15, 0.2) is 18.2 Å². The van der Waals surface area contributed by atoms with E-state index in [1.165, 1.54) is 19.1 Å². The first-order valence-electron chi connectivity index (χ1n) is 7.75. The third-order valence-corrected chi connectivity index (χ3v) is 3.76. The van der Waals surface area contributed by atoms with Gasteiger partial charge in [0, 0.05) is 11.6 Å². The van der Waals surface area contributed by atoms with Gasteiger partial charge in [-0.15, -0.1) is 0 Å². The Hall–Kier alpha value is -2.49. The molecule has 0 heterocycles. The van der Waals surface area contributed by atoms with Gasteiger partial charge in [-0.1, -0.05) is 45.0 Å². The summed E-state index contributed by atoms with van der Waals surface area (Å²) in [5.74, 6) is -0.972. The Morgan fingerprint density at radius 2 is 1.67 bits per heavy atom. The van der Waals surface area contributed by atoms with Crippen LogP contribution in [0.4, 0.5) is 4.39 Å². The number of benzene rings is 2. The van der Waals surface area contributed by atoms with Crippen LogP contribution in [0, 0.1) is 5.82 Å². The van der Waals surface area contributed by atoms with Gasteiger partial charge < -0.3 is 4.74 Å². The number of hydrogen-bond donors (Lipinski definition) is 0. The van der Waals surface area contributed by atoms with Crippen LogP contribution >= 0.6 is 0 Å². The summed E-state index contributed by atoms with van der Waals surface area (Å²) in [4.78, 5) is 23.4. The second-order valence-corrected chi connectivity index (χ2v) is 6.74. The van der Waals surface area contributed by atoms with Crippen molar-refractivity contribution < 1.29 is 18.7 Å². The van der Waals surface area contributed by atoms with Gasteiger partial charge in [0.1, 0.15) is 11.6 Å². The lowest BCUT2D eigenvalue weighted by Crippen LogP contribution is -2.14. The predicted molar refractivity (Wildman–Crippen MR) is 91.4 cm³/mol. The van der Waals surface area contributed by atoms with Crippen LogP contribution in [0.2, 0.25) is 0 Å². The van der Waals surface area contributed by atoms with Crippen LogP contribution in [0.1, 0.15) is 54.0 Å². The van der Waals surface area contributed by atoms with Crippen molar-refractivity contribution in [2.45, 2.75) is 33.1 Å². The molecule has 0 unspecified atom stereocenters. The van der Waals surface area contributed by atoms with E-state index in [-0.39, 0.29) is 34.9 Å². The lowest BCUT2D eigenvalue weighted by molar-refractivity contribution is 0.0919. The van der Waals surface area contributed by atoms with E-state index >= 15 is 0 Å². The van der Waals surface area contributed by atoms with E-state index in [1.807, 2.05) is 12.1 Å². The highest BCUT2D eigenvalue weighted by Gasteiger charge is 2.15. The molecule has 0 saturated heterocycles. The molecule has 0 aliphatic carbocycles. The summed E-state index contributed by atoms with van der Waals surface area (Å²) >= 11 is 0. The number of rotatable bonds is 5. The molecule has 0 spiro atoms. The maximum Gasteiger partial charge on any atom is 0.200 e. The van der Waals surface area contributed by atoms with Gasteiger partial charge in [-0.2, -0.15) is 0 Å². The third-order valence-electron chi connectivity index (χ3n) is 3.76. The topological polar surface area (TPSA) is 43.4 Å². The van der Waals surface area contributed by atoms with Gasteiger partial charge in [0.2, 0.25) is 0 Å². The van der Waals surface area contributed by atoms with E-state index in [4.69, 9.17) is 4.74 Å². The van der Waals surface area contributed by atoms with E-state index < -0.39 is 5.82 Å². The van der Waals surface area contributed by atoms with Gasteiger partial charge in [-0.05, 0) is 30.0 Å². The smallest absolute Gasteiger partial charge is 0.200 e. The van der Waals surface area contributed by atoms with Crippen molar-refractivity contribution in [3.05, 3.63) is 65.0 Å². The number of hydrogen-bond acceptors (Lipinski definition) is 3. The van der Waals surface area contributed by atoms with Gasteiger partial charge in [-0.25, -0.2) is 4.39 Å². The van der Waals surface area contributed by atoms with E-state index in [9.17, 15) is 14.0 Å². The normalized spacial score (nSPS) is 11.2.